The van der Waals surface area contributed by atoms with Gasteiger partial charge in [-0.2, -0.15) is 0 Å². The average Bonchev–Trinajstić information content (AvgIpc) is 3.15. The van der Waals surface area contributed by atoms with Crippen LogP contribution in [0.1, 0.15) is 49.9 Å². The molecule has 2 atom stereocenters. The first-order chi connectivity index (χ1) is 14.5. The van der Waals surface area contributed by atoms with Crippen molar-refractivity contribution in [2.24, 2.45) is 0 Å². The van der Waals surface area contributed by atoms with Gasteiger partial charge in [-0.15, -0.1) is 10.2 Å². The lowest BCUT2D eigenvalue weighted by Gasteiger charge is -2.39. The second-order valence-electron chi connectivity index (χ2n) is 8.06. The van der Waals surface area contributed by atoms with Crippen LogP contribution in [0.3, 0.4) is 0 Å². The van der Waals surface area contributed by atoms with Gasteiger partial charge >= 0.3 is 0 Å². The third-order valence-electron chi connectivity index (χ3n) is 5.88. The predicted octanol–water partition coefficient (Wildman–Crippen LogP) is 3.49. The molecule has 8 heteroatoms. The number of aromatic nitrogens is 4. The number of nitrogens with two attached hydrogens (primary N) is 1. The predicted molar refractivity (Wildman–Crippen MR) is 120 cm³/mol. The summed E-state index contributed by atoms with van der Waals surface area (Å²) in [5.41, 5.74) is 9.95. The number of hydrogen-bond donors (Lipinski definition) is 1. The molecule has 3 heterocycles. The molecule has 7 nitrogen and oxygen atoms in total. The molecule has 0 spiro atoms. The van der Waals surface area contributed by atoms with Gasteiger partial charge in [0.1, 0.15) is 0 Å². The molecule has 3 aromatic rings. The van der Waals surface area contributed by atoms with Gasteiger partial charge in [0.25, 0.3) is 0 Å². The first-order valence-electron chi connectivity index (χ1n) is 10.4. The molecule has 1 saturated heterocycles. The van der Waals surface area contributed by atoms with Crippen LogP contribution in [0.25, 0.3) is 5.65 Å². The van der Waals surface area contributed by atoms with E-state index < -0.39 is 0 Å². The van der Waals surface area contributed by atoms with E-state index in [1.165, 1.54) is 23.7 Å². The molecule has 0 aliphatic carbocycles. The Hall–Kier alpha value is -2.61. The Morgan fingerprint density at radius 1 is 1.17 bits per heavy atom. The first-order valence-corrected chi connectivity index (χ1v) is 11.4. The van der Waals surface area contributed by atoms with E-state index in [-0.39, 0.29) is 18.0 Å². The van der Waals surface area contributed by atoms with Gasteiger partial charge in [0, 0.05) is 29.8 Å². The standard InChI is InChI=1S/C22H28N6OS/c1-14-8-7-9-15(2)27(14)19(29)13-30-22-26-25-20-18(12-17-10-5-4-6-11-17)16(3)24-21(23)28(20)22/h4-6,10-11,14-15H,7-9,12-13H2,1-3H3,(H2,23,24)/t14-,15+. The monoisotopic (exact) mass is 424 g/mol. The molecule has 4 rings (SSSR count). The number of nitrogen functional groups attached to an aromatic ring is 1. The van der Waals surface area contributed by atoms with Crippen molar-refractivity contribution >= 4 is 29.3 Å². The fraction of sp³-hybridized carbons (Fsp3) is 0.455. The summed E-state index contributed by atoms with van der Waals surface area (Å²) in [5.74, 6) is 0.801. The number of amides is 1. The Bertz CT molecular complexity index is 1040. The van der Waals surface area contributed by atoms with Crippen molar-refractivity contribution in [2.45, 2.75) is 63.7 Å². The van der Waals surface area contributed by atoms with E-state index >= 15 is 0 Å². The topological polar surface area (TPSA) is 89.4 Å². The normalized spacial score (nSPS) is 19.4. The Labute approximate surface area is 181 Å². The lowest BCUT2D eigenvalue weighted by molar-refractivity contribution is -0.134. The number of piperidine rings is 1. The molecule has 30 heavy (non-hydrogen) atoms. The van der Waals surface area contributed by atoms with Gasteiger partial charge in [-0.05, 0) is 45.6 Å². The summed E-state index contributed by atoms with van der Waals surface area (Å²) in [5, 5.41) is 9.35. The molecule has 158 valence electrons. The zero-order valence-electron chi connectivity index (χ0n) is 17.7. The van der Waals surface area contributed by atoms with Crippen molar-refractivity contribution in [3.63, 3.8) is 0 Å². The highest BCUT2D eigenvalue weighted by Crippen LogP contribution is 2.27. The third-order valence-corrected chi connectivity index (χ3v) is 6.80. The van der Waals surface area contributed by atoms with Crippen LogP contribution in [0.4, 0.5) is 5.95 Å². The number of fused-ring (bicyclic) bond motifs is 1. The number of benzene rings is 1. The molecular formula is C22H28N6OS. The summed E-state index contributed by atoms with van der Waals surface area (Å²) in [4.78, 5) is 19.4. The van der Waals surface area contributed by atoms with Crippen molar-refractivity contribution in [3.05, 3.63) is 47.2 Å². The van der Waals surface area contributed by atoms with Crippen molar-refractivity contribution in [2.75, 3.05) is 11.5 Å². The van der Waals surface area contributed by atoms with Gasteiger partial charge in [0.15, 0.2) is 10.8 Å². The first kappa shape index (κ1) is 20.7. The minimum atomic E-state index is 0.139. The zero-order chi connectivity index (χ0) is 21.3. The van der Waals surface area contributed by atoms with Crippen LogP contribution in [0, 0.1) is 6.92 Å². The second-order valence-corrected chi connectivity index (χ2v) is 9.00. The van der Waals surface area contributed by atoms with Crippen LogP contribution in [0.2, 0.25) is 0 Å². The highest BCUT2D eigenvalue weighted by atomic mass is 32.2. The number of thioether (sulfide) groups is 1. The Balaban J connectivity index is 1.58. The van der Waals surface area contributed by atoms with E-state index in [1.54, 1.807) is 4.40 Å². The number of carbonyl (C=O) groups excluding carboxylic acids is 1. The smallest absolute Gasteiger partial charge is 0.233 e. The number of carbonyl (C=O) groups is 1. The summed E-state index contributed by atoms with van der Waals surface area (Å²) >= 11 is 1.38. The van der Waals surface area contributed by atoms with Crippen LogP contribution >= 0.6 is 11.8 Å². The van der Waals surface area contributed by atoms with Gasteiger partial charge in [-0.3, -0.25) is 4.79 Å². The summed E-state index contributed by atoms with van der Waals surface area (Å²) < 4.78 is 1.77. The maximum atomic E-state index is 12.9. The molecule has 1 aliphatic rings. The van der Waals surface area contributed by atoms with Crippen molar-refractivity contribution in [1.29, 1.82) is 0 Å². The molecule has 1 aromatic carbocycles. The average molecular weight is 425 g/mol. The molecular weight excluding hydrogens is 396 g/mol. The van der Waals surface area contributed by atoms with E-state index in [9.17, 15) is 4.79 Å². The van der Waals surface area contributed by atoms with E-state index in [2.05, 4.69) is 41.2 Å². The lowest BCUT2D eigenvalue weighted by atomic mass is 9.98. The van der Waals surface area contributed by atoms with Gasteiger partial charge < -0.3 is 10.6 Å². The van der Waals surface area contributed by atoms with Gasteiger partial charge in [0.2, 0.25) is 11.9 Å². The Kier molecular flexibility index (Phi) is 5.94. The van der Waals surface area contributed by atoms with Crippen molar-refractivity contribution in [3.8, 4) is 0 Å². The molecule has 2 N–H and O–H groups in total. The third kappa shape index (κ3) is 4.01. The minimum absolute atomic E-state index is 0.139. The van der Waals surface area contributed by atoms with Gasteiger partial charge in [-0.25, -0.2) is 9.38 Å². The lowest BCUT2D eigenvalue weighted by Crippen LogP contribution is -2.48. The number of likely N-dealkylation sites (tertiary alicyclic amines) is 1. The molecule has 2 aromatic heterocycles. The summed E-state index contributed by atoms with van der Waals surface area (Å²) in [6.45, 7) is 6.20. The Morgan fingerprint density at radius 2 is 1.87 bits per heavy atom. The highest BCUT2D eigenvalue weighted by molar-refractivity contribution is 7.99. The van der Waals surface area contributed by atoms with Crippen LogP contribution < -0.4 is 5.73 Å². The van der Waals surface area contributed by atoms with Crippen molar-refractivity contribution < 1.29 is 4.79 Å². The van der Waals surface area contributed by atoms with E-state index in [0.717, 1.165) is 24.1 Å². The molecule has 0 bridgehead atoms. The van der Waals surface area contributed by atoms with E-state index in [4.69, 9.17) is 5.73 Å². The largest absolute Gasteiger partial charge is 0.369 e. The molecule has 1 fully saturated rings. The highest BCUT2D eigenvalue weighted by Gasteiger charge is 2.29. The number of nitrogens with zero attached hydrogens (tertiary/aromatic N) is 5. The number of hydrogen-bond acceptors (Lipinski definition) is 6. The summed E-state index contributed by atoms with van der Waals surface area (Å²) in [6.07, 6.45) is 4.01. The van der Waals surface area contributed by atoms with Crippen LogP contribution in [0.15, 0.2) is 35.5 Å². The SMILES string of the molecule is Cc1nc(N)n2c(SCC(=O)N3[C@H](C)CCC[C@@H]3C)nnc2c1Cc1ccccc1. The van der Waals surface area contributed by atoms with Crippen LogP contribution in [-0.2, 0) is 11.2 Å². The number of rotatable bonds is 5. The second kappa shape index (κ2) is 8.63. The molecule has 0 radical (unpaired) electrons. The van der Waals surface area contributed by atoms with E-state index in [0.29, 0.717) is 28.9 Å². The fourth-order valence-corrected chi connectivity index (χ4v) is 5.15. The maximum Gasteiger partial charge on any atom is 0.233 e. The number of aryl methyl sites for hydroxylation is 1. The maximum absolute atomic E-state index is 12.9. The molecule has 0 unspecified atom stereocenters. The van der Waals surface area contributed by atoms with E-state index in [1.807, 2.05) is 30.0 Å². The van der Waals surface area contributed by atoms with Gasteiger partial charge in [0.05, 0.1) is 5.75 Å². The Morgan fingerprint density at radius 3 is 2.57 bits per heavy atom. The van der Waals surface area contributed by atoms with Crippen LogP contribution in [0.5, 0.6) is 0 Å². The fourth-order valence-electron chi connectivity index (χ4n) is 4.34. The molecule has 1 amide bonds. The van der Waals surface area contributed by atoms with Crippen molar-refractivity contribution in [1.82, 2.24) is 24.5 Å². The summed E-state index contributed by atoms with van der Waals surface area (Å²) in [7, 11) is 0. The minimum Gasteiger partial charge on any atom is -0.369 e. The quantitative estimate of drug-likeness (QED) is 0.631. The zero-order valence-corrected chi connectivity index (χ0v) is 18.5. The number of anilines is 1. The van der Waals surface area contributed by atoms with Crippen LogP contribution in [-0.4, -0.2) is 48.2 Å². The molecule has 0 saturated carbocycles. The molecule has 1 aliphatic heterocycles. The van der Waals surface area contributed by atoms with Gasteiger partial charge in [-0.1, -0.05) is 42.1 Å². The summed E-state index contributed by atoms with van der Waals surface area (Å²) in [6, 6.07) is 10.8.